The molecule has 0 saturated heterocycles. The van der Waals surface area contributed by atoms with E-state index in [1.165, 1.54) is 23.4 Å². The number of guanidine groups is 1. The van der Waals surface area contributed by atoms with Gasteiger partial charge in [-0.05, 0) is 56.0 Å². The van der Waals surface area contributed by atoms with Gasteiger partial charge in [0.1, 0.15) is 5.82 Å². The molecule has 27 heavy (non-hydrogen) atoms. The fraction of sp³-hybridized carbons (Fsp3) is 0.400. The van der Waals surface area contributed by atoms with Crippen LogP contribution in [-0.4, -0.2) is 40.9 Å². The Labute approximate surface area is 158 Å². The van der Waals surface area contributed by atoms with E-state index in [4.69, 9.17) is 0 Å². The molecule has 0 atom stereocenters. The van der Waals surface area contributed by atoms with E-state index in [0.29, 0.717) is 0 Å². The van der Waals surface area contributed by atoms with Crippen LogP contribution in [0, 0.1) is 19.7 Å². The fourth-order valence-corrected chi connectivity index (χ4v) is 3.39. The first-order valence-electron chi connectivity index (χ1n) is 9.18. The van der Waals surface area contributed by atoms with Gasteiger partial charge in [-0.2, -0.15) is 5.10 Å². The van der Waals surface area contributed by atoms with Crippen LogP contribution < -0.4 is 10.6 Å². The number of H-pyrrole nitrogens is 1. The number of nitrogens with one attached hydrogen (secondary N) is 3. The molecule has 0 bridgehead atoms. The minimum atomic E-state index is -0.224. The van der Waals surface area contributed by atoms with Gasteiger partial charge in [-0.15, -0.1) is 0 Å². The van der Waals surface area contributed by atoms with Crippen LogP contribution in [0.15, 0.2) is 29.4 Å². The van der Waals surface area contributed by atoms with E-state index in [2.05, 4.69) is 32.6 Å². The highest BCUT2D eigenvalue weighted by molar-refractivity contribution is 5.83. The van der Waals surface area contributed by atoms with Crippen molar-refractivity contribution in [2.45, 2.75) is 26.7 Å². The summed E-state index contributed by atoms with van der Waals surface area (Å²) in [5.41, 5.74) is 5.55. The molecule has 0 unspecified atom stereocenters. The molecule has 0 saturated carbocycles. The number of aliphatic imine (C=N–C) groups is 1. The summed E-state index contributed by atoms with van der Waals surface area (Å²) in [6, 6.07) is 4.84. The molecule has 3 aromatic rings. The maximum atomic E-state index is 13.3. The van der Waals surface area contributed by atoms with Crippen LogP contribution in [0.25, 0.3) is 10.9 Å². The van der Waals surface area contributed by atoms with E-state index in [9.17, 15) is 4.39 Å². The average molecular weight is 370 g/mol. The lowest BCUT2D eigenvalue weighted by Gasteiger charge is -2.12. The highest BCUT2D eigenvalue weighted by Crippen LogP contribution is 2.19. The quantitative estimate of drug-likeness (QED) is 0.461. The predicted molar refractivity (Wildman–Crippen MR) is 108 cm³/mol. The number of halogens is 1. The Hall–Kier alpha value is -2.83. The van der Waals surface area contributed by atoms with Crippen LogP contribution in [0.5, 0.6) is 0 Å². The second-order valence-electron chi connectivity index (χ2n) is 6.70. The number of hydrogen-bond donors (Lipinski definition) is 3. The number of rotatable bonds is 6. The third-order valence-corrected chi connectivity index (χ3v) is 4.97. The zero-order chi connectivity index (χ0) is 19.4. The molecule has 0 radical (unpaired) electrons. The number of aromatic amines is 1. The maximum absolute atomic E-state index is 13.3. The topological polar surface area (TPSA) is 70.0 Å². The molecule has 3 rings (SSSR count). The summed E-state index contributed by atoms with van der Waals surface area (Å²) in [5, 5.41) is 12.2. The molecular formula is C20H27FN6. The van der Waals surface area contributed by atoms with E-state index < -0.39 is 0 Å². The van der Waals surface area contributed by atoms with Crippen molar-refractivity contribution in [2.24, 2.45) is 12.0 Å². The largest absolute Gasteiger partial charge is 0.361 e. The Morgan fingerprint density at radius 3 is 2.63 bits per heavy atom. The molecule has 0 amide bonds. The number of aromatic nitrogens is 3. The zero-order valence-corrected chi connectivity index (χ0v) is 16.4. The first-order chi connectivity index (χ1) is 13.0. The molecule has 0 aliphatic heterocycles. The van der Waals surface area contributed by atoms with Crippen LogP contribution in [0.2, 0.25) is 0 Å². The van der Waals surface area contributed by atoms with Gasteiger partial charge in [-0.1, -0.05) is 0 Å². The first-order valence-corrected chi connectivity index (χ1v) is 9.18. The molecule has 3 N–H and O–H groups in total. The predicted octanol–water partition coefficient (Wildman–Crippen LogP) is 2.61. The average Bonchev–Trinajstić information content (AvgIpc) is 3.15. The molecule has 0 fully saturated rings. The summed E-state index contributed by atoms with van der Waals surface area (Å²) in [7, 11) is 3.74. The van der Waals surface area contributed by atoms with Gasteiger partial charge >= 0.3 is 0 Å². The lowest BCUT2D eigenvalue weighted by molar-refractivity contribution is 0.629. The Kier molecular flexibility index (Phi) is 5.78. The third kappa shape index (κ3) is 4.30. The van der Waals surface area contributed by atoms with Crippen LogP contribution >= 0.6 is 0 Å². The van der Waals surface area contributed by atoms with Gasteiger partial charge < -0.3 is 15.6 Å². The molecule has 6 nitrogen and oxygen atoms in total. The van der Waals surface area contributed by atoms with E-state index >= 15 is 0 Å². The van der Waals surface area contributed by atoms with Crippen LogP contribution in [0.1, 0.15) is 22.5 Å². The normalized spacial score (nSPS) is 12.0. The Morgan fingerprint density at radius 1 is 1.22 bits per heavy atom. The van der Waals surface area contributed by atoms with E-state index in [-0.39, 0.29) is 5.82 Å². The number of fused-ring (bicyclic) bond motifs is 1. The Morgan fingerprint density at radius 2 is 1.96 bits per heavy atom. The maximum Gasteiger partial charge on any atom is 0.190 e. The summed E-state index contributed by atoms with van der Waals surface area (Å²) in [5.74, 6) is 0.554. The molecule has 7 heteroatoms. The van der Waals surface area contributed by atoms with Crippen molar-refractivity contribution < 1.29 is 4.39 Å². The molecule has 144 valence electrons. The second-order valence-corrected chi connectivity index (χ2v) is 6.70. The van der Waals surface area contributed by atoms with Crippen molar-refractivity contribution in [3.63, 3.8) is 0 Å². The molecular weight excluding hydrogens is 343 g/mol. The zero-order valence-electron chi connectivity index (χ0n) is 16.4. The summed E-state index contributed by atoms with van der Waals surface area (Å²) in [6.07, 6.45) is 3.67. The van der Waals surface area contributed by atoms with Gasteiger partial charge in [-0.25, -0.2) is 4.39 Å². The van der Waals surface area contributed by atoms with E-state index in [0.717, 1.165) is 54.1 Å². The van der Waals surface area contributed by atoms with Crippen molar-refractivity contribution >= 4 is 16.9 Å². The molecule has 0 aliphatic rings. The van der Waals surface area contributed by atoms with E-state index in [1.54, 1.807) is 7.05 Å². The SMILES string of the molecule is CN=C(NCCc1c(C)nn(C)c1C)NCCc1c[nH]c2cc(F)ccc12. The molecule has 0 aliphatic carbocycles. The van der Waals surface area contributed by atoms with Gasteiger partial charge in [0.25, 0.3) is 0 Å². The minimum Gasteiger partial charge on any atom is -0.361 e. The highest BCUT2D eigenvalue weighted by atomic mass is 19.1. The third-order valence-electron chi connectivity index (χ3n) is 4.97. The minimum absolute atomic E-state index is 0.224. The Bertz CT molecular complexity index is 953. The number of hydrogen-bond acceptors (Lipinski definition) is 2. The standard InChI is InChI=1S/C20H27FN6/c1-13-17(14(2)27(4)26-13)8-10-24-20(22-3)23-9-7-15-12-25-19-11-16(21)5-6-18(15)19/h5-6,11-12,25H,7-10H2,1-4H3,(H2,22,23,24). The lowest BCUT2D eigenvalue weighted by atomic mass is 10.1. The number of nitrogens with zero attached hydrogens (tertiary/aromatic N) is 3. The van der Waals surface area contributed by atoms with Gasteiger partial charge in [0.05, 0.1) is 5.69 Å². The summed E-state index contributed by atoms with van der Waals surface area (Å²) >= 11 is 0. The smallest absolute Gasteiger partial charge is 0.190 e. The number of benzene rings is 1. The van der Waals surface area contributed by atoms with Crippen molar-refractivity contribution in [1.82, 2.24) is 25.4 Å². The molecule has 2 aromatic heterocycles. The summed E-state index contributed by atoms with van der Waals surface area (Å²) < 4.78 is 15.2. The number of aryl methyl sites for hydroxylation is 2. The first kappa shape index (κ1) is 18.9. The van der Waals surface area contributed by atoms with Crippen molar-refractivity contribution in [3.8, 4) is 0 Å². The molecule has 1 aromatic carbocycles. The van der Waals surface area contributed by atoms with Crippen molar-refractivity contribution in [1.29, 1.82) is 0 Å². The van der Waals surface area contributed by atoms with Gasteiger partial charge in [-0.3, -0.25) is 9.67 Å². The lowest BCUT2D eigenvalue weighted by Crippen LogP contribution is -2.39. The van der Waals surface area contributed by atoms with Crippen molar-refractivity contribution in [3.05, 3.63) is 52.7 Å². The van der Waals surface area contributed by atoms with Gasteiger partial charge in [0.2, 0.25) is 0 Å². The van der Waals surface area contributed by atoms with Crippen LogP contribution in [0.4, 0.5) is 4.39 Å². The molecule has 0 spiro atoms. The Balaban J connectivity index is 1.49. The molecule has 2 heterocycles. The van der Waals surface area contributed by atoms with Gasteiger partial charge in [0.15, 0.2) is 5.96 Å². The van der Waals surface area contributed by atoms with Gasteiger partial charge in [0, 0.05) is 50.0 Å². The van der Waals surface area contributed by atoms with Crippen LogP contribution in [0.3, 0.4) is 0 Å². The fourth-order valence-electron chi connectivity index (χ4n) is 3.39. The van der Waals surface area contributed by atoms with Crippen molar-refractivity contribution in [2.75, 3.05) is 20.1 Å². The summed E-state index contributed by atoms with van der Waals surface area (Å²) in [4.78, 5) is 7.40. The monoisotopic (exact) mass is 370 g/mol. The summed E-state index contributed by atoms with van der Waals surface area (Å²) in [6.45, 7) is 5.67. The second kappa shape index (κ2) is 8.24. The van der Waals surface area contributed by atoms with E-state index in [1.807, 2.05) is 30.9 Å². The van der Waals surface area contributed by atoms with Crippen LogP contribution in [-0.2, 0) is 19.9 Å². The highest BCUT2D eigenvalue weighted by Gasteiger charge is 2.09.